The highest BCUT2D eigenvalue weighted by molar-refractivity contribution is 9.11. The first-order valence-corrected chi connectivity index (χ1v) is 8.48. The molecule has 21 heavy (non-hydrogen) atoms. The van der Waals surface area contributed by atoms with Gasteiger partial charge in [-0.25, -0.2) is 0 Å². The zero-order chi connectivity index (χ0) is 15.4. The summed E-state index contributed by atoms with van der Waals surface area (Å²) in [6, 6.07) is 12.6. The first kappa shape index (κ1) is 16.5. The van der Waals surface area contributed by atoms with Gasteiger partial charge in [-0.15, -0.1) is 0 Å². The fourth-order valence-electron chi connectivity index (χ4n) is 2.43. The van der Waals surface area contributed by atoms with Crippen LogP contribution >= 0.6 is 31.9 Å². The van der Waals surface area contributed by atoms with Crippen LogP contribution in [0.3, 0.4) is 0 Å². The van der Waals surface area contributed by atoms with Crippen LogP contribution in [0.1, 0.15) is 29.7 Å². The molecule has 0 radical (unpaired) electrons. The Morgan fingerprint density at radius 2 is 1.86 bits per heavy atom. The second kappa shape index (κ2) is 7.43. The quantitative estimate of drug-likeness (QED) is 0.725. The number of nitrogens with one attached hydrogen (secondary N) is 1. The Hall–Kier alpha value is -0.840. The average molecular weight is 413 g/mol. The fraction of sp³-hybridized carbons (Fsp3) is 0.294. The van der Waals surface area contributed by atoms with Crippen molar-refractivity contribution in [2.45, 2.75) is 19.9 Å². The molecule has 0 saturated heterocycles. The molecule has 0 amide bonds. The van der Waals surface area contributed by atoms with Crippen LogP contribution in [0.15, 0.2) is 45.3 Å². The highest BCUT2D eigenvalue weighted by Gasteiger charge is 2.18. The number of halogens is 2. The van der Waals surface area contributed by atoms with E-state index < -0.39 is 0 Å². The van der Waals surface area contributed by atoms with E-state index in [1.165, 1.54) is 16.7 Å². The molecule has 0 heterocycles. The predicted molar refractivity (Wildman–Crippen MR) is 95.1 cm³/mol. The average Bonchev–Trinajstić information content (AvgIpc) is 2.48. The highest BCUT2D eigenvalue weighted by Crippen LogP contribution is 2.33. The molecule has 0 spiro atoms. The van der Waals surface area contributed by atoms with Crippen LogP contribution in [0, 0.1) is 6.92 Å². The Labute approximate surface area is 143 Å². The minimum atomic E-state index is 0.146. The topological polar surface area (TPSA) is 21.3 Å². The van der Waals surface area contributed by atoms with Gasteiger partial charge < -0.3 is 10.1 Å². The molecule has 0 aliphatic rings. The lowest BCUT2D eigenvalue weighted by Crippen LogP contribution is -2.23. The first-order valence-electron chi connectivity index (χ1n) is 6.89. The summed E-state index contributed by atoms with van der Waals surface area (Å²) in [6.07, 6.45) is 0. The zero-order valence-electron chi connectivity index (χ0n) is 12.4. The lowest BCUT2D eigenvalue weighted by atomic mass is 9.94. The molecule has 112 valence electrons. The molecule has 0 saturated carbocycles. The van der Waals surface area contributed by atoms with Gasteiger partial charge in [0.05, 0.1) is 13.2 Å². The third kappa shape index (κ3) is 3.87. The molecule has 2 aromatic rings. The van der Waals surface area contributed by atoms with Gasteiger partial charge in [0.25, 0.3) is 0 Å². The smallest absolute Gasteiger partial charge is 0.119 e. The second-order valence-electron chi connectivity index (χ2n) is 4.88. The summed E-state index contributed by atoms with van der Waals surface area (Å²) in [4.78, 5) is 0. The zero-order valence-corrected chi connectivity index (χ0v) is 15.6. The lowest BCUT2D eigenvalue weighted by Gasteiger charge is -2.23. The molecular formula is C17H19Br2NO. The van der Waals surface area contributed by atoms with Crippen LogP contribution < -0.4 is 10.1 Å². The van der Waals surface area contributed by atoms with Crippen LogP contribution in [-0.2, 0) is 0 Å². The van der Waals surface area contributed by atoms with E-state index in [-0.39, 0.29) is 6.04 Å². The van der Waals surface area contributed by atoms with E-state index in [0.717, 1.165) is 21.2 Å². The van der Waals surface area contributed by atoms with E-state index in [1.807, 2.05) is 12.1 Å². The maximum atomic E-state index is 5.30. The standard InChI is InChI=1S/C17H19Br2NO/c1-4-20-17(15-10-12(18)5-8-16(15)19)14-7-6-13(21-3)9-11(14)2/h5-10,17,20H,4H2,1-3H3. The molecule has 1 unspecified atom stereocenters. The summed E-state index contributed by atoms with van der Waals surface area (Å²) in [5, 5.41) is 3.57. The molecule has 4 heteroatoms. The summed E-state index contributed by atoms with van der Waals surface area (Å²) >= 11 is 7.23. The Morgan fingerprint density at radius 1 is 1.10 bits per heavy atom. The first-order chi connectivity index (χ1) is 10.1. The van der Waals surface area contributed by atoms with E-state index in [0.29, 0.717) is 0 Å². The maximum Gasteiger partial charge on any atom is 0.119 e. The van der Waals surface area contributed by atoms with Crippen LogP contribution in [0.2, 0.25) is 0 Å². The number of rotatable bonds is 5. The number of aryl methyl sites for hydroxylation is 1. The number of ether oxygens (including phenoxy) is 1. The third-order valence-electron chi connectivity index (χ3n) is 3.47. The third-order valence-corrected chi connectivity index (χ3v) is 4.68. The Bertz CT molecular complexity index is 628. The molecule has 1 atom stereocenters. The van der Waals surface area contributed by atoms with Crippen molar-refractivity contribution in [3.8, 4) is 5.75 Å². The minimum absolute atomic E-state index is 0.146. The lowest BCUT2D eigenvalue weighted by molar-refractivity contribution is 0.414. The van der Waals surface area contributed by atoms with E-state index in [2.05, 4.69) is 75.3 Å². The van der Waals surface area contributed by atoms with Crippen molar-refractivity contribution in [1.29, 1.82) is 0 Å². The van der Waals surface area contributed by atoms with Crippen LogP contribution in [0.25, 0.3) is 0 Å². The van der Waals surface area contributed by atoms with Crippen LogP contribution in [0.5, 0.6) is 5.75 Å². The summed E-state index contributed by atoms with van der Waals surface area (Å²) in [6.45, 7) is 5.14. The van der Waals surface area contributed by atoms with Crippen molar-refractivity contribution in [1.82, 2.24) is 5.32 Å². The summed E-state index contributed by atoms with van der Waals surface area (Å²) in [5.74, 6) is 0.889. The molecule has 1 N–H and O–H groups in total. The molecule has 0 aliphatic carbocycles. The minimum Gasteiger partial charge on any atom is -0.497 e. The normalized spacial score (nSPS) is 12.2. The van der Waals surface area contributed by atoms with Gasteiger partial charge in [-0.05, 0) is 60.5 Å². The maximum absolute atomic E-state index is 5.30. The molecule has 2 aromatic carbocycles. The number of hydrogen-bond acceptors (Lipinski definition) is 2. The van der Waals surface area contributed by atoms with Crippen molar-refractivity contribution in [2.75, 3.05) is 13.7 Å². The fourth-order valence-corrected chi connectivity index (χ4v) is 3.28. The van der Waals surface area contributed by atoms with Crippen molar-refractivity contribution >= 4 is 31.9 Å². The Morgan fingerprint density at radius 3 is 2.48 bits per heavy atom. The molecule has 0 aliphatic heterocycles. The monoisotopic (exact) mass is 411 g/mol. The van der Waals surface area contributed by atoms with E-state index >= 15 is 0 Å². The van der Waals surface area contributed by atoms with Crippen LogP contribution in [-0.4, -0.2) is 13.7 Å². The largest absolute Gasteiger partial charge is 0.497 e. The molecule has 0 aromatic heterocycles. The summed E-state index contributed by atoms with van der Waals surface area (Å²) in [7, 11) is 1.70. The highest BCUT2D eigenvalue weighted by atomic mass is 79.9. The van der Waals surface area contributed by atoms with Crippen molar-refractivity contribution < 1.29 is 4.74 Å². The molecule has 2 nitrogen and oxygen atoms in total. The SMILES string of the molecule is CCNC(c1ccc(OC)cc1C)c1cc(Br)ccc1Br. The Kier molecular flexibility index (Phi) is 5.85. The molecule has 0 bridgehead atoms. The number of hydrogen-bond donors (Lipinski definition) is 1. The van der Waals surface area contributed by atoms with Gasteiger partial charge >= 0.3 is 0 Å². The van der Waals surface area contributed by atoms with Gasteiger partial charge in [0.1, 0.15) is 5.75 Å². The Balaban J connectivity index is 2.50. The number of benzene rings is 2. The van der Waals surface area contributed by atoms with Gasteiger partial charge in [0.15, 0.2) is 0 Å². The van der Waals surface area contributed by atoms with Gasteiger partial charge in [0, 0.05) is 8.95 Å². The predicted octanol–water partition coefficient (Wildman–Crippen LogP) is 5.23. The van der Waals surface area contributed by atoms with Crippen LogP contribution in [0.4, 0.5) is 0 Å². The van der Waals surface area contributed by atoms with E-state index in [4.69, 9.17) is 4.74 Å². The molecule has 0 fully saturated rings. The van der Waals surface area contributed by atoms with Crippen molar-refractivity contribution in [2.24, 2.45) is 0 Å². The summed E-state index contributed by atoms with van der Waals surface area (Å²) in [5.41, 5.74) is 3.70. The van der Waals surface area contributed by atoms with Crippen molar-refractivity contribution in [3.05, 3.63) is 62.0 Å². The van der Waals surface area contributed by atoms with Crippen molar-refractivity contribution in [3.63, 3.8) is 0 Å². The molecular weight excluding hydrogens is 394 g/mol. The van der Waals surface area contributed by atoms with E-state index in [1.54, 1.807) is 7.11 Å². The van der Waals surface area contributed by atoms with Gasteiger partial charge in [0.2, 0.25) is 0 Å². The van der Waals surface area contributed by atoms with Gasteiger partial charge in [-0.1, -0.05) is 44.8 Å². The summed E-state index contributed by atoms with van der Waals surface area (Å²) < 4.78 is 7.48. The second-order valence-corrected chi connectivity index (χ2v) is 6.65. The van der Waals surface area contributed by atoms with Gasteiger partial charge in [-0.3, -0.25) is 0 Å². The van der Waals surface area contributed by atoms with E-state index in [9.17, 15) is 0 Å². The van der Waals surface area contributed by atoms with Gasteiger partial charge in [-0.2, -0.15) is 0 Å². The molecule has 2 rings (SSSR count). The number of methoxy groups -OCH3 is 1.